The van der Waals surface area contributed by atoms with Crippen molar-refractivity contribution < 1.29 is 18.7 Å². The minimum atomic E-state index is -0.161. The summed E-state index contributed by atoms with van der Waals surface area (Å²) < 4.78 is 15.8. The van der Waals surface area contributed by atoms with E-state index in [1.54, 1.807) is 31.6 Å². The molecule has 0 bridgehead atoms. The SMILES string of the molecule is CCN(Cc1ccoc1)C(=O)N[C@H](C)c1cc(OC)c(OC)cc1C. The standard InChI is InChI=1S/C19H26N2O4/c1-6-21(11-15-7-8-25-12-15)19(22)20-14(3)16-10-18(24-5)17(23-4)9-13(16)2/h7-10,12,14H,6,11H2,1-5H3,(H,20,22)/t14-/m1/s1. The van der Waals surface area contributed by atoms with E-state index in [9.17, 15) is 4.79 Å². The molecule has 6 nitrogen and oxygen atoms in total. The van der Waals surface area contributed by atoms with Gasteiger partial charge in [0.2, 0.25) is 0 Å². The number of methoxy groups -OCH3 is 2. The van der Waals surface area contributed by atoms with E-state index in [1.165, 1.54) is 0 Å². The maximum atomic E-state index is 12.6. The predicted octanol–water partition coefficient (Wildman–Crippen LogP) is 3.90. The number of hydrogen-bond acceptors (Lipinski definition) is 4. The highest BCUT2D eigenvalue weighted by atomic mass is 16.5. The largest absolute Gasteiger partial charge is 0.493 e. The first-order chi connectivity index (χ1) is 12.0. The first-order valence-electron chi connectivity index (χ1n) is 8.29. The van der Waals surface area contributed by atoms with E-state index >= 15 is 0 Å². The van der Waals surface area contributed by atoms with Crippen molar-refractivity contribution >= 4 is 6.03 Å². The van der Waals surface area contributed by atoms with Gasteiger partial charge >= 0.3 is 6.03 Å². The van der Waals surface area contributed by atoms with Crippen LogP contribution in [0.25, 0.3) is 0 Å². The van der Waals surface area contributed by atoms with Crippen molar-refractivity contribution in [1.82, 2.24) is 10.2 Å². The second-order valence-corrected chi connectivity index (χ2v) is 5.88. The minimum absolute atomic E-state index is 0.120. The molecule has 1 aromatic carbocycles. The zero-order chi connectivity index (χ0) is 18.4. The minimum Gasteiger partial charge on any atom is -0.493 e. The third kappa shape index (κ3) is 4.47. The van der Waals surface area contributed by atoms with Crippen LogP contribution >= 0.6 is 0 Å². The molecule has 6 heteroatoms. The number of nitrogens with zero attached hydrogens (tertiary/aromatic N) is 1. The highest BCUT2D eigenvalue weighted by molar-refractivity contribution is 5.74. The lowest BCUT2D eigenvalue weighted by molar-refractivity contribution is 0.194. The monoisotopic (exact) mass is 346 g/mol. The Bertz CT molecular complexity index is 698. The molecule has 0 aliphatic heterocycles. The summed E-state index contributed by atoms with van der Waals surface area (Å²) in [7, 11) is 3.21. The van der Waals surface area contributed by atoms with Crippen LogP contribution in [0.2, 0.25) is 0 Å². The molecule has 0 fully saturated rings. The maximum Gasteiger partial charge on any atom is 0.318 e. The second-order valence-electron chi connectivity index (χ2n) is 5.88. The zero-order valence-corrected chi connectivity index (χ0v) is 15.5. The maximum absolute atomic E-state index is 12.6. The Balaban J connectivity index is 2.12. The molecular formula is C19H26N2O4. The molecule has 0 spiro atoms. The average Bonchev–Trinajstić information content (AvgIpc) is 3.12. The smallest absolute Gasteiger partial charge is 0.318 e. The highest BCUT2D eigenvalue weighted by Crippen LogP contribution is 2.32. The third-order valence-electron chi connectivity index (χ3n) is 4.20. The highest BCUT2D eigenvalue weighted by Gasteiger charge is 2.19. The molecule has 2 amide bonds. The average molecular weight is 346 g/mol. The second kappa shape index (κ2) is 8.46. The van der Waals surface area contributed by atoms with Gasteiger partial charge in [-0.15, -0.1) is 0 Å². The Morgan fingerprint density at radius 3 is 2.52 bits per heavy atom. The van der Waals surface area contributed by atoms with Crippen LogP contribution in [0, 0.1) is 6.92 Å². The number of carbonyl (C=O) groups is 1. The number of carbonyl (C=O) groups excluding carboxylic acids is 1. The topological polar surface area (TPSA) is 63.9 Å². The van der Waals surface area contributed by atoms with Gasteiger partial charge in [0.1, 0.15) is 0 Å². The van der Waals surface area contributed by atoms with Crippen LogP contribution in [0.3, 0.4) is 0 Å². The van der Waals surface area contributed by atoms with Gasteiger partial charge in [-0.05, 0) is 50.1 Å². The van der Waals surface area contributed by atoms with E-state index in [-0.39, 0.29) is 12.1 Å². The number of rotatable bonds is 7. The van der Waals surface area contributed by atoms with Crippen molar-refractivity contribution in [3.8, 4) is 11.5 Å². The number of hydrogen-bond donors (Lipinski definition) is 1. The summed E-state index contributed by atoms with van der Waals surface area (Å²) in [5.74, 6) is 1.33. The van der Waals surface area contributed by atoms with Crippen molar-refractivity contribution in [2.45, 2.75) is 33.4 Å². The molecular weight excluding hydrogens is 320 g/mol. The van der Waals surface area contributed by atoms with Crippen molar-refractivity contribution in [2.75, 3.05) is 20.8 Å². The Morgan fingerprint density at radius 1 is 1.28 bits per heavy atom. The van der Waals surface area contributed by atoms with Crippen molar-refractivity contribution in [2.24, 2.45) is 0 Å². The number of furan rings is 1. The number of benzene rings is 1. The summed E-state index contributed by atoms with van der Waals surface area (Å²) in [6, 6.07) is 5.40. The third-order valence-corrected chi connectivity index (χ3v) is 4.20. The number of ether oxygens (including phenoxy) is 2. The van der Waals surface area contributed by atoms with Crippen LogP contribution in [0.4, 0.5) is 4.79 Å². The fourth-order valence-electron chi connectivity index (χ4n) is 2.75. The van der Waals surface area contributed by atoms with Crippen LogP contribution in [0.5, 0.6) is 11.5 Å². The predicted molar refractivity (Wildman–Crippen MR) is 96.0 cm³/mol. The molecule has 0 aliphatic rings. The molecule has 25 heavy (non-hydrogen) atoms. The van der Waals surface area contributed by atoms with E-state index in [0.717, 1.165) is 16.7 Å². The molecule has 0 saturated heterocycles. The molecule has 1 N–H and O–H groups in total. The summed E-state index contributed by atoms with van der Waals surface area (Å²) in [5.41, 5.74) is 2.99. The van der Waals surface area contributed by atoms with E-state index in [2.05, 4.69) is 5.32 Å². The van der Waals surface area contributed by atoms with Gasteiger partial charge in [0.25, 0.3) is 0 Å². The lowest BCUT2D eigenvalue weighted by Gasteiger charge is -2.25. The molecule has 0 radical (unpaired) electrons. The number of nitrogens with one attached hydrogen (secondary N) is 1. The van der Waals surface area contributed by atoms with E-state index in [0.29, 0.717) is 24.6 Å². The lowest BCUT2D eigenvalue weighted by atomic mass is 10.0. The van der Waals surface area contributed by atoms with E-state index in [4.69, 9.17) is 13.9 Å². The van der Waals surface area contributed by atoms with Crippen LogP contribution in [0.1, 0.15) is 36.6 Å². The molecule has 1 heterocycles. The van der Waals surface area contributed by atoms with Gasteiger partial charge < -0.3 is 24.1 Å². The first kappa shape index (κ1) is 18.7. The Kier molecular flexibility index (Phi) is 6.33. The van der Waals surface area contributed by atoms with Crippen LogP contribution in [-0.2, 0) is 6.54 Å². The molecule has 136 valence electrons. The number of aryl methyl sites for hydroxylation is 1. The van der Waals surface area contributed by atoms with Crippen molar-refractivity contribution in [1.29, 1.82) is 0 Å². The molecule has 0 saturated carbocycles. The Labute approximate surface area is 148 Å². The summed E-state index contributed by atoms with van der Waals surface area (Å²) in [6.07, 6.45) is 3.26. The fourth-order valence-corrected chi connectivity index (χ4v) is 2.75. The van der Waals surface area contributed by atoms with Gasteiger partial charge in [0.15, 0.2) is 11.5 Å². The van der Waals surface area contributed by atoms with E-state index < -0.39 is 0 Å². The Hall–Kier alpha value is -2.63. The summed E-state index contributed by atoms with van der Waals surface area (Å²) in [4.78, 5) is 14.3. The normalized spacial score (nSPS) is 11.7. The number of amides is 2. The number of urea groups is 1. The molecule has 0 aliphatic carbocycles. The van der Waals surface area contributed by atoms with Gasteiger partial charge in [-0.3, -0.25) is 0 Å². The molecule has 2 rings (SSSR count). The summed E-state index contributed by atoms with van der Waals surface area (Å²) in [5, 5.41) is 3.05. The van der Waals surface area contributed by atoms with Crippen LogP contribution in [0.15, 0.2) is 35.1 Å². The van der Waals surface area contributed by atoms with Crippen molar-refractivity contribution in [3.05, 3.63) is 47.4 Å². The molecule has 2 aromatic rings. The Morgan fingerprint density at radius 2 is 1.96 bits per heavy atom. The van der Waals surface area contributed by atoms with Crippen LogP contribution < -0.4 is 14.8 Å². The lowest BCUT2D eigenvalue weighted by Crippen LogP contribution is -2.40. The van der Waals surface area contributed by atoms with Gasteiger partial charge in [-0.25, -0.2) is 4.79 Å². The van der Waals surface area contributed by atoms with Gasteiger partial charge in [0.05, 0.1) is 39.3 Å². The van der Waals surface area contributed by atoms with Gasteiger partial charge in [-0.2, -0.15) is 0 Å². The molecule has 1 aromatic heterocycles. The van der Waals surface area contributed by atoms with Crippen LogP contribution in [-0.4, -0.2) is 31.7 Å². The van der Waals surface area contributed by atoms with E-state index in [1.807, 2.05) is 39.0 Å². The summed E-state index contributed by atoms with van der Waals surface area (Å²) in [6.45, 7) is 7.01. The van der Waals surface area contributed by atoms with Gasteiger partial charge in [-0.1, -0.05) is 0 Å². The molecule has 0 unspecified atom stereocenters. The van der Waals surface area contributed by atoms with Crippen molar-refractivity contribution in [3.63, 3.8) is 0 Å². The van der Waals surface area contributed by atoms with Gasteiger partial charge in [0, 0.05) is 12.1 Å². The fraction of sp³-hybridized carbons (Fsp3) is 0.421. The zero-order valence-electron chi connectivity index (χ0n) is 15.5. The quantitative estimate of drug-likeness (QED) is 0.826. The first-order valence-corrected chi connectivity index (χ1v) is 8.29. The molecule has 1 atom stereocenters. The summed E-state index contributed by atoms with van der Waals surface area (Å²) >= 11 is 0.